The lowest BCUT2D eigenvalue weighted by Gasteiger charge is -2.34. The van der Waals surface area contributed by atoms with Crippen molar-refractivity contribution in [2.45, 2.75) is 25.6 Å². The number of rotatable bonds is 0. The first-order valence-electron chi connectivity index (χ1n) is 4.31. The number of ether oxygens (including phenoxy) is 1. The zero-order valence-corrected chi connectivity index (χ0v) is 7.46. The number of carbonyl (C=O) groups excluding carboxylic acids is 1. The molecule has 1 N–H and O–H groups in total. The molecule has 1 unspecified atom stereocenters. The van der Waals surface area contributed by atoms with Gasteiger partial charge in [0, 0.05) is 19.6 Å². The van der Waals surface area contributed by atoms with Crippen molar-refractivity contribution < 1.29 is 9.53 Å². The minimum atomic E-state index is -0.399. The average molecular weight is 170 g/mol. The van der Waals surface area contributed by atoms with E-state index in [4.69, 9.17) is 4.74 Å². The van der Waals surface area contributed by atoms with E-state index in [1.54, 1.807) is 0 Å². The number of hydrogen-bond acceptors (Lipinski definition) is 4. The number of carbonyl (C=O) groups is 1. The van der Waals surface area contributed by atoms with Gasteiger partial charge in [-0.25, -0.2) is 0 Å². The zero-order chi connectivity index (χ0) is 8.77. The highest BCUT2D eigenvalue weighted by Gasteiger charge is 2.48. The first-order valence-corrected chi connectivity index (χ1v) is 4.31. The van der Waals surface area contributed by atoms with Crippen LogP contribution in [0.1, 0.15) is 13.8 Å². The van der Waals surface area contributed by atoms with Crippen molar-refractivity contribution in [1.82, 2.24) is 10.2 Å². The average Bonchev–Trinajstić information content (AvgIpc) is 2.25. The molecule has 2 fully saturated rings. The van der Waals surface area contributed by atoms with Crippen LogP contribution in [0.15, 0.2) is 0 Å². The van der Waals surface area contributed by atoms with E-state index in [1.165, 1.54) is 0 Å². The van der Waals surface area contributed by atoms with Crippen LogP contribution in [-0.2, 0) is 9.53 Å². The number of cyclic esters (lactones) is 1. The van der Waals surface area contributed by atoms with Gasteiger partial charge in [-0.15, -0.1) is 0 Å². The van der Waals surface area contributed by atoms with Crippen LogP contribution in [0.5, 0.6) is 0 Å². The normalized spacial score (nSPS) is 34.5. The number of nitrogens with one attached hydrogen (secondary N) is 1. The topological polar surface area (TPSA) is 41.6 Å². The maximum Gasteiger partial charge on any atom is 0.326 e. The van der Waals surface area contributed by atoms with Gasteiger partial charge < -0.3 is 10.1 Å². The summed E-state index contributed by atoms with van der Waals surface area (Å²) in [4.78, 5) is 13.4. The van der Waals surface area contributed by atoms with Gasteiger partial charge in [0.25, 0.3) is 0 Å². The predicted octanol–water partition coefficient (Wildman–Crippen LogP) is -0.447. The highest BCUT2D eigenvalue weighted by atomic mass is 16.6. The van der Waals surface area contributed by atoms with Crippen molar-refractivity contribution in [3.8, 4) is 0 Å². The summed E-state index contributed by atoms with van der Waals surface area (Å²) in [6.07, 6.45) is 0. The Morgan fingerprint density at radius 2 is 2.42 bits per heavy atom. The molecule has 2 heterocycles. The molecular weight excluding hydrogens is 156 g/mol. The SMILES string of the molecule is CC1(C)OC(=O)C2CNCCN21. The summed E-state index contributed by atoms with van der Waals surface area (Å²) >= 11 is 0. The Morgan fingerprint density at radius 3 is 3.08 bits per heavy atom. The monoisotopic (exact) mass is 170 g/mol. The van der Waals surface area contributed by atoms with Gasteiger partial charge in [0.2, 0.25) is 0 Å². The van der Waals surface area contributed by atoms with Crippen molar-refractivity contribution in [3.63, 3.8) is 0 Å². The van der Waals surface area contributed by atoms with Crippen LogP contribution < -0.4 is 5.32 Å². The minimum Gasteiger partial charge on any atom is -0.443 e. The second kappa shape index (κ2) is 2.44. The van der Waals surface area contributed by atoms with Gasteiger partial charge in [-0.2, -0.15) is 0 Å². The lowest BCUT2D eigenvalue weighted by Crippen LogP contribution is -2.55. The fraction of sp³-hybridized carbons (Fsp3) is 0.875. The molecule has 0 aromatic heterocycles. The van der Waals surface area contributed by atoms with E-state index >= 15 is 0 Å². The minimum absolute atomic E-state index is 0.0613. The summed E-state index contributed by atoms with van der Waals surface area (Å²) in [7, 11) is 0. The van der Waals surface area contributed by atoms with Gasteiger partial charge in [0.1, 0.15) is 6.04 Å². The van der Waals surface area contributed by atoms with Gasteiger partial charge in [-0.05, 0) is 13.8 Å². The van der Waals surface area contributed by atoms with Gasteiger partial charge in [-0.1, -0.05) is 0 Å². The second-order valence-electron chi connectivity index (χ2n) is 3.78. The fourth-order valence-corrected chi connectivity index (χ4v) is 1.93. The van der Waals surface area contributed by atoms with Crippen molar-refractivity contribution in [1.29, 1.82) is 0 Å². The Morgan fingerprint density at radius 1 is 1.67 bits per heavy atom. The highest BCUT2D eigenvalue weighted by Crippen LogP contribution is 2.28. The van der Waals surface area contributed by atoms with Crippen molar-refractivity contribution in [3.05, 3.63) is 0 Å². The summed E-state index contributed by atoms with van der Waals surface area (Å²) in [5.41, 5.74) is -0.399. The fourth-order valence-electron chi connectivity index (χ4n) is 1.93. The van der Waals surface area contributed by atoms with Gasteiger partial charge in [0.05, 0.1) is 0 Å². The van der Waals surface area contributed by atoms with Crippen LogP contribution in [0.2, 0.25) is 0 Å². The summed E-state index contributed by atoms with van der Waals surface area (Å²) in [6, 6.07) is -0.0613. The Bertz CT molecular complexity index is 215. The largest absolute Gasteiger partial charge is 0.443 e. The summed E-state index contributed by atoms with van der Waals surface area (Å²) in [6.45, 7) is 6.44. The summed E-state index contributed by atoms with van der Waals surface area (Å²) in [5.74, 6) is -0.0906. The predicted molar refractivity (Wildman–Crippen MR) is 43.5 cm³/mol. The number of esters is 1. The molecule has 4 nitrogen and oxygen atoms in total. The van der Waals surface area contributed by atoms with E-state index in [-0.39, 0.29) is 12.0 Å². The van der Waals surface area contributed by atoms with E-state index in [1.807, 2.05) is 13.8 Å². The summed E-state index contributed by atoms with van der Waals surface area (Å²) in [5, 5.41) is 3.18. The molecule has 4 heteroatoms. The van der Waals surface area contributed by atoms with Crippen LogP contribution in [0.4, 0.5) is 0 Å². The Balaban J connectivity index is 2.22. The number of piperazine rings is 1. The molecule has 1 atom stereocenters. The first-order chi connectivity index (χ1) is 5.61. The third-order valence-corrected chi connectivity index (χ3v) is 2.56. The molecule has 0 bridgehead atoms. The van der Waals surface area contributed by atoms with Crippen LogP contribution in [-0.4, -0.2) is 42.3 Å². The quantitative estimate of drug-likeness (QED) is 0.500. The number of nitrogens with zero attached hydrogens (tertiary/aromatic N) is 1. The third kappa shape index (κ3) is 1.03. The molecule has 0 aromatic rings. The van der Waals surface area contributed by atoms with Crippen LogP contribution in [0.25, 0.3) is 0 Å². The molecule has 2 rings (SSSR count). The Labute approximate surface area is 71.9 Å². The molecular formula is C8H14N2O2. The van der Waals surface area contributed by atoms with Gasteiger partial charge in [0.15, 0.2) is 5.72 Å². The van der Waals surface area contributed by atoms with Crippen molar-refractivity contribution in [2.24, 2.45) is 0 Å². The molecule has 0 aliphatic carbocycles. The Hall–Kier alpha value is -0.610. The molecule has 2 saturated heterocycles. The van der Waals surface area contributed by atoms with Crippen LogP contribution in [0.3, 0.4) is 0 Å². The maximum absolute atomic E-state index is 11.3. The Kier molecular flexibility index (Phi) is 1.63. The maximum atomic E-state index is 11.3. The van der Waals surface area contributed by atoms with Crippen LogP contribution in [0, 0.1) is 0 Å². The molecule has 2 aliphatic heterocycles. The first kappa shape index (κ1) is 8.01. The van der Waals surface area contributed by atoms with Crippen molar-refractivity contribution >= 4 is 5.97 Å². The smallest absolute Gasteiger partial charge is 0.326 e. The van der Waals surface area contributed by atoms with E-state index in [9.17, 15) is 4.79 Å². The van der Waals surface area contributed by atoms with E-state index in [0.29, 0.717) is 0 Å². The molecule has 0 aromatic carbocycles. The molecule has 68 valence electrons. The highest BCUT2D eigenvalue weighted by molar-refractivity contribution is 5.78. The molecule has 0 spiro atoms. The van der Waals surface area contributed by atoms with Gasteiger partial charge in [-0.3, -0.25) is 9.69 Å². The molecule has 0 radical (unpaired) electrons. The molecule has 12 heavy (non-hydrogen) atoms. The lowest BCUT2D eigenvalue weighted by molar-refractivity contribution is -0.149. The molecule has 0 saturated carbocycles. The second-order valence-corrected chi connectivity index (χ2v) is 3.78. The van der Waals surface area contributed by atoms with E-state index in [0.717, 1.165) is 19.6 Å². The van der Waals surface area contributed by atoms with Gasteiger partial charge >= 0.3 is 5.97 Å². The van der Waals surface area contributed by atoms with Crippen LogP contribution >= 0.6 is 0 Å². The van der Waals surface area contributed by atoms with Crippen molar-refractivity contribution in [2.75, 3.05) is 19.6 Å². The number of hydrogen-bond donors (Lipinski definition) is 1. The standard InChI is InChI=1S/C8H14N2O2/c1-8(2)10-4-3-9-5-6(10)7(11)12-8/h6,9H,3-5H2,1-2H3. The summed E-state index contributed by atoms with van der Waals surface area (Å²) < 4.78 is 5.24. The van der Waals surface area contributed by atoms with E-state index in [2.05, 4.69) is 10.2 Å². The molecule has 0 amide bonds. The number of fused-ring (bicyclic) bond motifs is 1. The lowest BCUT2D eigenvalue weighted by atomic mass is 10.1. The molecule has 2 aliphatic rings. The van der Waals surface area contributed by atoms with E-state index < -0.39 is 5.72 Å². The zero-order valence-electron chi connectivity index (χ0n) is 7.46. The third-order valence-electron chi connectivity index (χ3n) is 2.56.